The Hall–Kier alpha value is -3.96. The van der Waals surface area contributed by atoms with Crippen LogP contribution in [0.2, 0.25) is 0 Å². The van der Waals surface area contributed by atoms with Crippen LogP contribution in [0.1, 0.15) is 34.7 Å². The molecule has 4 aromatic rings. The first-order chi connectivity index (χ1) is 17.2. The van der Waals surface area contributed by atoms with Crippen molar-refractivity contribution in [2.45, 2.75) is 18.9 Å². The molecule has 1 aromatic heterocycles. The molecule has 0 spiro atoms. The van der Waals surface area contributed by atoms with Crippen molar-refractivity contribution >= 4 is 29.2 Å². The summed E-state index contributed by atoms with van der Waals surface area (Å²) in [5.41, 5.74) is 6.87. The molecule has 0 radical (unpaired) electrons. The lowest BCUT2D eigenvalue weighted by Gasteiger charge is -2.30. The Balaban J connectivity index is 1.53. The molecule has 4 nitrogen and oxygen atoms in total. The van der Waals surface area contributed by atoms with E-state index in [1.807, 2.05) is 65.3 Å². The molecule has 1 unspecified atom stereocenters. The Morgan fingerprint density at radius 1 is 0.971 bits per heavy atom. The van der Waals surface area contributed by atoms with Crippen molar-refractivity contribution in [2.75, 3.05) is 7.11 Å². The van der Waals surface area contributed by atoms with Crippen molar-refractivity contribution in [1.82, 2.24) is 4.57 Å². The van der Waals surface area contributed by atoms with Gasteiger partial charge in [-0.25, -0.2) is 4.99 Å². The lowest BCUT2D eigenvalue weighted by molar-refractivity contribution is 0.414. The number of hydrogen-bond acceptors (Lipinski definition) is 4. The lowest BCUT2D eigenvalue weighted by atomic mass is 9.83. The predicted octanol–water partition coefficient (Wildman–Crippen LogP) is 4.99. The van der Waals surface area contributed by atoms with E-state index in [9.17, 15) is 4.79 Å². The van der Waals surface area contributed by atoms with Gasteiger partial charge in [0.15, 0.2) is 4.80 Å². The number of fused-ring (bicyclic) bond motifs is 3. The highest BCUT2D eigenvalue weighted by molar-refractivity contribution is 7.07. The fraction of sp³-hybridized carbons (Fsp3) is 0.133. The lowest BCUT2D eigenvalue weighted by Crippen LogP contribution is -2.38. The van der Waals surface area contributed by atoms with Gasteiger partial charge in [-0.1, -0.05) is 90.2 Å². The van der Waals surface area contributed by atoms with E-state index in [1.54, 1.807) is 7.11 Å². The molecule has 0 amide bonds. The second-order valence-electron chi connectivity index (χ2n) is 8.68. The summed E-state index contributed by atoms with van der Waals surface area (Å²) < 4.78 is 7.94. The summed E-state index contributed by atoms with van der Waals surface area (Å²) in [6.07, 6.45) is 7.68. The van der Waals surface area contributed by atoms with Crippen molar-refractivity contribution < 1.29 is 4.74 Å². The van der Waals surface area contributed by atoms with Crippen LogP contribution < -0.4 is 19.6 Å². The maximum atomic E-state index is 13.7. The smallest absolute Gasteiger partial charge is 0.271 e. The molecule has 1 aliphatic heterocycles. The number of aryl methyl sites for hydroxylation is 1. The van der Waals surface area contributed by atoms with Crippen molar-refractivity contribution in [1.29, 1.82) is 0 Å². The molecule has 172 valence electrons. The van der Waals surface area contributed by atoms with E-state index in [-0.39, 0.29) is 11.6 Å². The Bertz CT molecular complexity index is 1640. The van der Waals surface area contributed by atoms with Crippen LogP contribution in [0.5, 0.6) is 5.75 Å². The molecule has 0 saturated carbocycles. The molecule has 2 heterocycles. The number of hydrogen-bond donors (Lipinski definition) is 0. The van der Waals surface area contributed by atoms with Gasteiger partial charge in [0, 0.05) is 5.56 Å². The average molecular weight is 477 g/mol. The van der Waals surface area contributed by atoms with E-state index in [1.165, 1.54) is 28.0 Å². The summed E-state index contributed by atoms with van der Waals surface area (Å²) in [7, 11) is 1.67. The second-order valence-corrected chi connectivity index (χ2v) is 9.69. The molecule has 6 rings (SSSR count). The number of aromatic nitrogens is 1. The van der Waals surface area contributed by atoms with Crippen LogP contribution in [0, 0.1) is 0 Å². The third-order valence-corrected chi connectivity index (χ3v) is 7.64. The Kier molecular flexibility index (Phi) is 5.55. The Labute approximate surface area is 207 Å². The molecule has 0 N–H and O–H groups in total. The highest BCUT2D eigenvalue weighted by atomic mass is 32.1. The minimum Gasteiger partial charge on any atom is -0.497 e. The summed E-state index contributed by atoms with van der Waals surface area (Å²) in [5.74, 6) is 0.801. The minimum absolute atomic E-state index is 0.00214. The van der Waals surface area contributed by atoms with Gasteiger partial charge in [-0.2, -0.15) is 0 Å². The van der Waals surface area contributed by atoms with Gasteiger partial charge < -0.3 is 4.74 Å². The van der Waals surface area contributed by atoms with Crippen LogP contribution in [-0.2, 0) is 6.42 Å². The number of methoxy groups -OCH3 is 1. The minimum atomic E-state index is -0.180. The van der Waals surface area contributed by atoms with Crippen molar-refractivity contribution in [2.24, 2.45) is 4.99 Å². The van der Waals surface area contributed by atoms with Crippen LogP contribution in [0.25, 0.3) is 17.8 Å². The largest absolute Gasteiger partial charge is 0.497 e. The maximum Gasteiger partial charge on any atom is 0.271 e. The third kappa shape index (κ3) is 3.88. The van der Waals surface area contributed by atoms with Gasteiger partial charge in [0.2, 0.25) is 0 Å². The first-order valence-corrected chi connectivity index (χ1v) is 12.5. The summed E-state index contributed by atoms with van der Waals surface area (Å²) in [5, 5.41) is 0. The Morgan fingerprint density at radius 3 is 2.54 bits per heavy atom. The van der Waals surface area contributed by atoms with Crippen molar-refractivity contribution in [3.05, 3.63) is 132 Å². The molecular formula is C30H24N2O2S. The highest BCUT2D eigenvalue weighted by Crippen LogP contribution is 2.41. The quantitative estimate of drug-likeness (QED) is 0.416. The number of rotatable bonds is 4. The first kappa shape index (κ1) is 21.6. The highest BCUT2D eigenvalue weighted by Gasteiger charge is 2.32. The molecular weight excluding hydrogens is 452 g/mol. The molecule has 1 atom stereocenters. The van der Waals surface area contributed by atoms with Crippen molar-refractivity contribution in [3.63, 3.8) is 0 Å². The predicted molar refractivity (Wildman–Crippen MR) is 142 cm³/mol. The SMILES string of the molecule is COc1ccc(C2C3=C(N=c4s/c(=C\C=C\c5ccccc5)c(=O)n42)c2ccccc2CC3)cc1. The molecule has 35 heavy (non-hydrogen) atoms. The van der Waals surface area contributed by atoms with Crippen LogP contribution >= 0.6 is 11.3 Å². The monoisotopic (exact) mass is 476 g/mol. The fourth-order valence-corrected chi connectivity index (χ4v) is 5.89. The molecule has 0 saturated heterocycles. The van der Waals surface area contributed by atoms with Crippen LogP contribution in [-0.4, -0.2) is 11.7 Å². The van der Waals surface area contributed by atoms with Gasteiger partial charge in [-0.3, -0.25) is 9.36 Å². The summed E-state index contributed by atoms with van der Waals surface area (Å²) in [4.78, 5) is 19.5. The van der Waals surface area contributed by atoms with Crippen LogP contribution in [0.4, 0.5) is 0 Å². The molecule has 1 aliphatic carbocycles. The van der Waals surface area contributed by atoms with E-state index < -0.39 is 0 Å². The van der Waals surface area contributed by atoms with E-state index in [0.717, 1.165) is 40.2 Å². The number of nitrogens with zero attached hydrogens (tertiary/aromatic N) is 2. The number of allylic oxidation sites excluding steroid dienone is 2. The standard InChI is InChI=1S/C30H24N2O2S/c1-34-23-17-14-22(15-18-23)28-25-19-16-21-11-5-6-12-24(21)27(25)31-30-32(28)29(33)26(35-30)13-7-10-20-8-3-2-4-9-20/h2-15,17-18,28H,16,19H2,1H3/b10-7+,26-13-. The van der Waals surface area contributed by atoms with Gasteiger partial charge in [0.1, 0.15) is 5.75 Å². The van der Waals surface area contributed by atoms with Gasteiger partial charge in [0.05, 0.1) is 23.4 Å². The van der Waals surface area contributed by atoms with Gasteiger partial charge >= 0.3 is 0 Å². The summed E-state index contributed by atoms with van der Waals surface area (Å²) in [6, 6.07) is 26.4. The maximum absolute atomic E-state index is 13.7. The van der Waals surface area contributed by atoms with Gasteiger partial charge in [0.25, 0.3) is 5.56 Å². The number of thiazole rings is 1. The van der Waals surface area contributed by atoms with E-state index in [2.05, 4.69) is 36.4 Å². The fourth-order valence-electron chi connectivity index (χ4n) is 4.93. The molecule has 2 aliphatic rings. The molecule has 0 fully saturated rings. The number of ether oxygens (including phenoxy) is 1. The van der Waals surface area contributed by atoms with Crippen LogP contribution in [0.15, 0.2) is 100 Å². The molecule has 0 bridgehead atoms. The molecule has 3 aromatic carbocycles. The topological polar surface area (TPSA) is 43.6 Å². The normalized spacial score (nSPS) is 17.1. The third-order valence-electron chi connectivity index (χ3n) is 6.64. The Morgan fingerprint density at radius 2 is 1.74 bits per heavy atom. The van der Waals surface area contributed by atoms with Gasteiger partial charge in [-0.05, 0) is 53.3 Å². The van der Waals surface area contributed by atoms with Crippen molar-refractivity contribution in [3.8, 4) is 5.75 Å². The van der Waals surface area contributed by atoms with E-state index >= 15 is 0 Å². The summed E-state index contributed by atoms with van der Waals surface area (Å²) in [6.45, 7) is 0. The molecule has 5 heteroatoms. The first-order valence-electron chi connectivity index (χ1n) is 11.7. The zero-order valence-corrected chi connectivity index (χ0v) is 20.2. The number of benzene rings is 3. The zero-order chi connectivity index (χ0) is 23.8. The zero-order valence-electron chi connectivity index (χ0n) is 19.3. The summed E-state index contributed by atoms with van der Waals surface area (Å²) >= 11 is 1.45. The van der Waals surface area contributed by atoms with Gasteiger partial charge in [-0.15, -0.1) is 0 Å². The average Bonchev–Trinajstić information content (AvgIpc) is 3.22. The van der Waals surface area contributed by atoms with E-state index in [4.69, 9.17) is 9.73 Å². The second kappa shape index (κ2) is 9.01. The van der Waals surface area contributed by atoms with E-state index in [0.29, 0.717) is 4.53 Å². The van der Waals surface area contributed by atoms with Crippen LogP contribution in [0.3, 0.4) is 0 Å².